The molecule has 0 aliphatic rings. The van der Waals surface area contributed by atoms with Crippen LogP contribution in [0.1, 0.15) is 20.8 Å². The normalized spacial score (nSPS) is 11.7. The summed E-state index contributed by atoms with van der Waals surface area (Å²) in [6, 6.07) is 0. The number of carbonyl (C=O) groups excluding carboxylic acids is 1. The van der Waals surface area contributed by atoms with E-state index in [0.29, 0.717) is 0 Å². The van der Waals surface area contributed by atoms with Gasteiger partial charge in [-0.2, -0.15) is 0 Å². The summed E-state index contributed by atoms with van der Waals surface area (Å²) < 4.78 is 22.8. The van der Waals surface area contributed by atoms with Gasteiger partial charge < -0.3 is 5.53 Å². The van der Waals surface area contributed by atoms with E-state index in [0.717, 1.165) is 6.92 Å². The van der Waals surface area contributed by atoms with Crippen LogP contribution in [0.2, 0.25) is 0 Å². The lowest BCUT2D eigenvalue weighted by Crippen LogP contribution is -2.25. The predicted molar refractivity (Wildman–Crippen MR) is 57.1 cm³/mol. The van der Waals surface area contributed by atoms with Crippen LogP contribution < -0.4 is 0 Å². The first kappa shape index (κ1) is 13.7. The molecule has 0 radical (unpaired) electrons. The van der Waals surface area contributed by atoms with Crippen molar-refractivity contribution in [2.45, 2.75) is 20.8 Å². The Kier molecular flexibility index (Phi) is 5.11. The summed E-state index contributed by atoms with van der Waals surface area (Å²) in [6.07, 6.45) is 3.14. The third kappa shape index (κ3) is 4.67. The maximum absolute atomic E-state index is 11.4. The number of sulfone groups is 1. The second kappa shape index (κ2) is 5.58. The number of Topliss-reactive ketones (excluding diaryl/α,β-unsaturated/α-hetero) is 1. The fraction of sp³-hybridized carbons (Fsp3) is 0.556. The number of allylic oxidation sites excluding steroid dienone is 1. The lowest BCUT2D eigenvalue weighted by atomic mass is 10.2. The number of hydrogen-bond donors (Lipinski definition) is 0. The minimum absolute atomic E-state index is 0.229. The van der Waals surface area contributed by atoms with E-state index in [1.807, 2.05) is 13.8 Å². The quantitative estimate of drug-likeness (QED) is 0.235. The van der Waals surface area contributed by atoms with Crippen LogP contribution in [-0.4, -0.2) is 29.8 Å². The van der Waals surface area contributed by atoms with Crippen molar-refractivity contribution < 1.29 is 18.0 Å². The molecule has 0 aliphatic carbocycles. The van der Waals surface area contributed by atoms with Crippen molar-refractivity contribution in [1.29, 1.82) is 0 Å². The highest BCUT2D eigenvalue weighted by Gasteiger charge is 2.31. The second-order valence-corrected chi connectivity index (χ2v) is 5.36. The Morgan fingerprint density at radius 1 is 1.47 bits per heavy atom. The lowest BCUT2D eigenvalue weighted by Gasteiger charge is -1.94. The third-order valence-electron chi connectivity index (χ3n) is 1.52. The molecule has 0 heterocycles. The van der Waals surface area contributed by atoms with Gasteiger partial charge in [-0.3, -0.25) is 4.79 Å². The molecule has 0 bridgehead atoms. The van der Waals surface area contributed by atoms with Crippen molar-refractivity contribution in [2.75, 3.05) is 5.75 Å². The van der Waals surface area contributed by atoms with Gasteiger partial charge in [0.2, 0.25) is 0 Å². The largest absolute Gasteiger partial charge is 0.447 e. The molecule has 84 valence electrons. The Balaban J connectivity index is 4.86. The van der Waals surface area contributed by atoms with Crippen molar-refractivity contribution >= 4 is 20.7 Å². The molecule has 0 saturated carbocycles. The summed E-state index contributed by atoms with van der Waals surface area (Å²) in [4.78, 5) is 13.3. The standard InChI is InChI=1S/C9H14N2O3S/c1-7(2)5-4-6-15(13,14)9(11-10)8(3)12/h4-5,7H,6H2,1-3H3. The van der Waals surface area contributed by atoms with E-state index in [1.165, 1.54) is 6.08 Å². The minimum Gasteiger partial charge on any atom is -0.360 e. The van der Waals surface area contributed by atoms with E-state index in [4.69, 9.17) is 5.53 Å². The van der Waals surface area contributed by atoms with Gasteiger partial charge in [-0.1, -0.05) is 26.0 Å². The molecule has 0 aromatic heterocycles. The number of rotatable bonds is 4. The van der Waals surface area contributed by atoms with Crippen LogP contribution in [0.3, 0.4) is 0 Å². The first-order valence-corrected chi connectivity index (χ1v) is 6.09. The molecule has 5 nitrogen and oxygen atoms in total. The zero-order valence-corrected chi connectivity index (χ0v) is 9.78. The molecule has 0 aromatic rings. The Morgan fingerprint density at radius 2 is 2.00 bits per heavy atom. The van der Waals surface area contributed by atoms with Crippen LogP contribution in [0.25, 0.3) is 5.53 Å². The van der Waals surface area contributed by atoms with E-state index >= 15 is 0 Å². The Labute approximate surface area is 89.3 Å². The summed E-state index contributed by atoms with van der Waals surface area (Å²) in [5.74, 6) is -0.869. The molecule has 0 atom stereocenters. The topological polar surface area (TPSA) is 87.6 Å². The van der Waals surface area contributed by atoms with Crippen LogP contribution in [0.4, 0.5) is 0 Å². The summed E-state index contributed by atoms with van der Waals surface area (Å²) in [5, 5.41) is -0.795. The van der Waals surface area contributed by atoms with Gasteiger partial charge in [-0.25, -0.2) is 8.42 Å². The number of ketones is 1. The SMILES string of the molecule is CC(=O)C(=[N+]=[N-])S(=O)(=O)CC=CC(C)C. The van der Waals surface area contributed by atoms with E-state index < -0.39 is 20.7 Å². The maximum Gasteiger partial charge on any atom is 0.447 e. The number of nitrogens with zero attached hydrogens (tertiary/aromatic N) is 2. The smallest absolute Gasteiger partial charge is 0.360 e. The van der Waals surface area contributed by atoms with Gasteiger partial charge in [0.1, 0.15) is 0 Å². The fourth-order valence-corrected chi connectivity index (χ4v) is 1.97. The second-order valence-electron chi connectivity index (χ2n) is 3.41. The molecular weight excluding hydrogens is 216 g/mol. The molecule has 0 unspecified atom stereocenters. The molecule has 0 fully saturated rings. The van der Waals surface area contributed by atoms with Crippen LogP contribution in [0, 0.1) is 5.92 Å². The van der Waals surface area contributed by atoms with Gasteiger partial charge in [0.05, 0.1) is 5.75 Å². The Bertz CT molecular complexity index is 415. The van der Waals surface area contributed by atoms with Crippen molar-refractivity contribution in [3.8, 4) is 0 Å². The third-order valence-corrected chi connectivity index (χ3v) is 3.11. The van der Waals surface area contributed by atoms with Crippen LogP contribution in [0.15, 0.2) is 12.2 Å². The predicted octanol–water partition coefficient (Wildman–Crippen LogP) is 0.831. The average molecular weight is 230 g/mol. The van der Waals surface area contributed by atoms with E-state index in [1.54, 1.807) is 6.08 Å². The van der Waals surface area contributed by atoms with Gasteiger partial charge in [0, 0.05) is 6.92 Å². The first-order chi connectivity index (χ1) is 6.81. The van der Waals surface area contributed by atoms with Crippen LogP contribution in [-0.2, 0) is 14.6 Å². The molecule has 0 amide bonds. The molecule has 6 heteroatoms. The van der Waals surface area contributed by atoms with Crippen molar-refractivity contribution in [3.05, 3.63) is 17.7 Å². The zero-order chi connectivity index (χ0) is 12.1. The minimum atomic E-state index is -3.80. The summed E-state index contributed by atoms with van der Waals surface area (Å²) >= 11 is 0. The van der Waals surface area contributed by atoms with Crippen molar-refractivity contribution in [3.63, 3.8) is 0 Å². The molecule has 0 N–H and O–H groups in total. The first-order valence-electron chi connectivity index (χ1n) is 4.43. The van der Waals surface area contributed by atoms with Crippen LogP contribution in [0.5, 0.6) is 0 Å². The van der Waals surface area contributed by atoms with E-state index in [9.17, 15) is 13.2 Å². The van der Waals surface area contributed by atoms with Crippen LogP contribution >= 0.6 is 0 Å². The number of carbonyl (C=O) groups is 1. The van der Waals surface area contributed by atoms with E-state index in [-0.39, 0.29) is 11.7 Å². The lowest BCUT2D eigenvalue weighted by molar-refractivity contribution is -0.114. The zero-order valence-electron chi connectivity index (χ0n) is 8.97. The highest BCUT2D eigenvalue weighted by Crippen LogP contribution is 1.98. The molecule has 0 spiro atoms. The van der Waals surface area contributed by atoms with Gasteiger partial charge in [-0.05, 0) is 5.92 Å². The molecule has 0 rings (SSSR count). The highest BCUT2D eigenvalue weighted by atomic mass is 32.2. The molecule has 0 aliphatic heterocycles. The molecule has 0 aromatic carbocycles. The van der Waals surface area contributed by atoms with Gasteiger partial charge in [0.25, 0.3) is 15.6 Å². The van der Waals surface area contributed by atoms with Gasteiger partial charge >= 0.3 is 5.04 Å². The number of hydrogen-bond acceptors (Lipinski definition) is 3. The molecular formula is C9H14N2O3S. The Morgan fingerprint density at radius 3 is 2.33 bits per heavy atom. The fourth-order valence-electron chi connectivity index (χ4n) is 0.885. The van der Waals surface area contributed by atoms with Gasteiger partial charge in [-0.15, -0.1) is 4.79 Å². The summed E-state index contributed by atoms with van der Waals surface area (Å²) in [5.41, 5.74) is 8.40. The molecule has 0 saturated heterocycles. The van der Waals surface area contributed by atoms with Gasteiger partial charge in [0.15, 0.2) is 0 Å². The monoisotopic (exact) mass is 230 g/mol. The van der Waals surface area contributed by atoms with Crippen molar-refractivity contribution in [2.24, 2.45) is 5.92 Å². The molecule has 15 heavy (non-hydrogen) atoms. The van der Waals surface area contributed by atoms with Crippen molar-refractivity contribution in [1.82, 2.24) is 0 Å². The maximum atomic E-state index is 11.4. The highest BCUT2D eigenvalue weighted by molar-refractivity contribution is 8.08. The summed E-state index contributed by atoms with van der Waals surface area (Å²) in [7, 11) is -3.80. The average Bonchev–Trinajstić information content (AvgIpc) is 2.01. The van der Waals surface area contributed by atoms with E-state index in [2.05, 4.69) is 4.79 Å². The Hall–Kier alpha value is -1.26. The summed E-state index contributed by atoms with van der Waals surface area (Å²) in [6.45, 7) is 4.84.